The molecule has 0 amide bonds. The van der Waals surface area contributed by atoms with E-state index >= 15 is 0 Å². The maximum absolute atomic E-state index is 13.3. The van der Waals surface area contributed by atoms with Gasteiger partial charge in [-0.3, -0.25) is 0 Å². The number of aliphatic hydroxyl groups is 1. The summed E-state index contributed by atoms with van der Waals surface area (Å²) in [7, 11) is 0. The molecule has 1 atom stereocenters. The van der Waals surface area contributed by atoms with Gasteiger partial charge in [0.25, 0.3) is 0 Å². The minimum Gasteiger partial charge on any atom is -0.396 e. The monoisotopic (exact) mass is 202 g/mol. The molecule has 0 aliphatic rings. The van der Waals surface area contributed by atoms with Crippen molar-refractivity contribution in [1.82, 2.24) is 0 Å². The van der Waals surface area contributed by atoms with Crippen molar-refractivity contribution in [2.45, 2.75) is 19.8 Å². The van der Waals surface area contributed by atoms with Crippen LogP contribution in [0.25, 0.3) is 0 Å². The molecule has 1 rings (SSSR count). The molecule has 0 fully saturated rings. The van der Waals surface area contributed by atoms with Gasteiger partial charge in [0.05, 0.1) is 0 Å². The summed E-state index contributed by atoms with van der Waals surface area (Å²) in [5.41, 5.74) is 1.24. The van der Waals surface area contributed by atoms with Gasteiger partial charge < -0.3 is 5.11 Å². The molecular formula is C10H12ClFO. The molecule has 0 saturated heterocycles. The van der Waals surface area contributed by atoms with Crippen LogP contribution in [0.4, 0.5) is 4.39 Å². The van der Waals surface area contributed by atoms with Crippen LogP contribution in [0, 0.1) is 12.7 Å². The highest BCUT2D eigenvalue weighted by Gasteiger charge is 2.15. The molecular weight excluding hydrogens is 191 g/mol. The van der Waals surface area contributed by atoms with Gasteiger partial charge in [-0.1, -0.05) is 24.6 Å². The number of halogens is 2. The third kappa shape index (κ3) is 2.01. The Morgan fingerprint density at radius 3 is 2.69 bits per heavy atom. The second-order valence-electron chi connectivity index (χ2n) is 3.18. The summed E-state index contributed by atoms with van der Waals surface area (Å²) in [5.74, 6) is -0.607. The molecule has 1 nitrogen and oxygen atoms in total. The Morgan fingerprint density at radius 1 is 1.54 bits per heavy atom. The van der Waals surface area contributed by atoms with Crippen molar-refractivity contribution >= 4 is 11.6 Å². The number of hydrogen-bond acceptors (Lipinski definition) is 1. The van der Waals surface area contributed by atoms with E-state index in [2.05, 4.69) is 0 Å². The fourth-order valence-electron chi connectivity index (χ4n) is 1.22. The zero-order chi connectivity index (χ0) is 10.0. The van der Waals surface area contributed by atoms with Crippen molar-refractivity contribution in [2.24, 2.45) is 0 Å². The van der Waals surface area contributed by atoms with Crippen LogP contribution in [-0.2, 0) is 0 Å². The molecule has 0 heterocycles. The molecule has 1 unspecified atom stereocenters. The van der Waals surface area contributed by atoms with Crippen LogP contribution in [0.1, 0.15) is 24.0 Å². The smallest absolute Gasteiger partial charge is 0.128 e. The predicted octanol–water partition coefficient (Wildman–Crippen LogP) is 2.88. The van der Waals surface area contributed by atoms with Gasteiger partial charge in [0.2, 0.25) is 0 Å². The fraction of sp³-hybridized carbons (Fsp3) is 0.400. The van der Waals surface area contributed by atoms with Crippen molar-refractivity contribution in [2.75, 3.05) is 6.61 Å². The summed E-state index contributed by atoms with van der Waals surface area (Å²) in [6.45, 7) is 3.46. The second kappa shape index (κ2) is 4.07. The van der Waals surface area contributed by atoms with Crippen molar-refractivity contribution in [3.63, 3.8) is 0 Å². The van der Waals surface area contributed by atoms with Crippen molar-refractivity contribution in [1.29, 1.82) is 0 Å². The summed E-state index contributed by atoms with van der Waals surface area (Å²) < 4.78 is 13.3. The van der Waals surface area contributed by atoms with Gasteiger partial charge in [0.1, 0.15) is 5.82 Å². The van der Waals surface area contributed by atoms with Crippen LogP contribution in [0.15, 0.2) is 12.1 Å². The first-order chi connectivity index (χ1) is 6.07. The average molecular weight is 203 g/mol. The van der Waals surface area contributed by atoms with E-state index in [0.29, 0.717) is 10.6 Å². The summed E-state index contributed by atoms with van der Waals surface area (Å²) in [5, 5.41) is 9.32. The highest BCUT2D eigenvalue weighted by atomic mass is 35.5. The van der Waals surface area contributed by atoms with Gasteiger partial charge in [-0.25, -0.2) is 4.39 Å². The second-order valence-corrected chi connectivity index (χ2v) is 3.55. The highest BCUT2D eigenvalue weighted by molar-refractivity contribution is 6.32. The van der Waals surface area contributed by atoms with Crippen LogP contribution >= 0.6 is 11.6 Å². The van der Waals surface area contributed by atoms with E-state index in [-0.39, 0.29) is 18.3 Å². The van der Waals surface area contributed by atoms with Gasteiger partial charge in [-0.05, 0) is 18.6 Å². The maximum Gasteiger partial charge on any atom is 0.128 e. The molecule has 0 spiro atoms. The molecule has 0 bridgehead atoms. The van der Waals surface area contributed by atoms with Crippen LogP contribution in [0.3, 0.4) is 0 Å². The van der Waals surface area contributed by atoms with E-state index in [0.717, 1.165) is 5.56 Å². The first kappa shape index (κ1) is 10.5. The number of aliphatic hydroxyl groups excluding tert-OH is 1. The SMILES string of the molecule is Cc1ccc(F)c(C(C)CO)c1Cl. The molecule has 0 aromatic heterocycles. The van der Waals surface area contributed by atoms with E-state index in [1.807, 2.05) is 6.92 Å². The van der Waals surface area contributed by atoms with Gasteiger partial charge >= 0.3 is 0 Å². The van der Waals surface area contributed by atoms with Gasteiger partial charge in [-0.2, -0.15) is 0 Å². The van der Waals surface area contributed by atoms with Crippen LogP contribution in [-0.4, -0.2) is 11.7 Å². The van der Waals surface area contributed by atoms with Gasteiger partial charge in [0, 0.05) is 23.1 Å². The maximum atomic E-state index is 13.3. The lowest BCUT2D eigenvalue weighted by Crippen LogP contribution is -2.03. The lowest BCUT2D eigenvalue weighted by Gasteiger charge is -2.13. The van der Waals surface area contributed by atoms with Crippen LogP contribution in [0.2, 0.25) is 5.02 Å². The average Bonchev–Trinajstić information content (AvgIpc) is 2.12. The Hall–Kier alpha value is -0.600. The van der Waals surface area contributed by atoms with Gasteiger partial charge in [-0.15, -0.1) is 0 Å². The normalized spacial score (nSPS) is 13.0. The van der Waals surface area contributed by atoms with Crippen LogP contribution < -0.4 is 0 Å². The molecule has 3 heteroatoms. The largest absolute Gasteiger partial charge is 0.396 e. The van der Waals surface area contributed by atoms with E-state index < -0.39 is 0 Å². The quantitative estimate of drug-likeness (QED) is 0.782. The molecule has 0 aliphatic carbocycles. The lowest BCUT2D eigenvalue weighted by atomic mass is 9.99. The Morgan fingerprint density at radius 2 is 2.15 bits per heavy atom. The Kier molecular flexibility index (Phi) is 3.28. The summed E-state index contributed by atoms with van der Waals surface area (Å²) >= 11 is 5.92. The number of aryl methyl sites for hydroxylation is 1. The fourth-order valence-corrected chi connectivity index (χ4v) is 1.56. The summed E-state index contributed by atoms with van der Waals surface area (Å²) in [6, 6.07) is 3.01. The number of rotatable bonds is 2. The molecule has 1 aromatic rings. The summed E-state index contributed by atoms with van der Waals surface area (Å²) in [4.78, 5) is 0. The van der Waals surface area contributed by atoms with E-state index in [4.69, 9.17) is 16.7 Å². The zero-order valence-corrected chi connectivity index (χ0v) is 8.40. The number of hydrogen-bond donors (Lipinski definition) is 1. The Labute approximate surface area is 82.2 Å². The standard InChI is InChI=1S/C10H12ClFO/c1-6-3-4-8(12)9(10(6)11)7(2)5-13/h3-4,7,13H,5H2,1-2H3. The van der Waals surface area contributed by atoms with Crippen molar-refractivity contribution in [3.8, 4) is 0 Å². The predicted molar refractivity (Wildman–Crippen MR) is 51.6 cm³/mol. The van der Waals surface area contributed by atoms with Crippen molar-refractivity contribution < 1.29 is 9.50 Å². The highest BCUT2D eigenvalue weighted by Crippen LogP contribution is 2.29. The molecule has 0 radical (unpaired) electrons. The molecule has 1 N–H and O–H groups in total. The Bertz CT molecular complexity index is 312. The lowest BCUT2D eigenvalue weighted by molar-refractivity contribution is 0.270. The Balaban J connectivity index is 3.25. The van der Waals surface area contributed by atoms with E-state index in [1.165, 1.54) is 6.07 Å². The van der Waals surface area contributed by atoms with E-state index in [9.17, 15) is 4.39 Å². The molecule has 13 heavy (non-hydrogen) atoms. The zero-order valence-electron chi connectivity index (χ0n) is 7.64. The van der Waals surface area contributed by atoms with Crippen molar-refractivity contribution in [3.05, 3.63) is 34.1 Å². The minimum atomic E-state index is -0.350. The molecule has 1 aromatic carbocycles. The van der Waals surface area contributed by atoms with E-state index in [1.54, 1.807) is 13.0 Å². The number of benzene rings is 1. The summed E-state index contributed by atoms with van der Waals surface area (Å²) in [6.07, 6.45) is 0. The minimum absolute atomic E-state index is 0.0971. The first-order valence-corrected chi connectivity index (χ1v) is 4.51. The molecule has 0 saturated carbocycles. The third-order valence-corrected chi connectivity index (χ3v) is 2.59. The topological polar surface area (TPSA) is 20.2 Å². The van der Waals surface area contributed by atoms with Gasteiger partial charge in [0.15, 0.2) is 0 Å². The van der Waals surface area contributed by atoms with Crippen LogP contribution in [0.5, 0.6) is 0 Å². The molecule has 72 valence electrons. The third-order valence-electron chi connectivity index (χ3n) is 2.09. The first-order valence-electron chi connectivity index (χ1n) is 4.13. The molecule has 0 aliphatic heterocycles.